The van der Waals surface area contributed by atoms with Gasteiger partial charge in [-0.3, -0.25) is 0 Å². The number of hydrogen-bond donors (Lipinski definition) is 0. The van der Waals surface area contributed by atoms with Crippen LogP contribution in [0.15, 0.2) is 41.6 Å². The number of fused-ring (bicyclic) bond motifs is 1. The van der Waals surface area contributed by atoms with Crippen LogP contribution in [0.2, 0.25) is 0 Å². The Morgan fingerprint density at radius 3 is 2.74 bits per heavy atom. The second-order valence-electron chi connectivity index (χ2n) is 6.02. The maximum atomic E-state index is 8.94. The van der Waals surface area contributed by atoms with Gasteiger partial charge in [0.1, 0.15) is 5.75 Å². The van der Waals surface area contributed by atoms with E-state index in [4.69, 9.17) is 14.8 Å². The Hall–Kier alpha value is -2.45. The van der Waals surface area contributed by atoms with E-state index in [1.165, 1.54) is 18.5 Å². The second-order valence-corrected chi connectivity index (χ2v) is 6.02. The van der Waals surface area contributed by atoms with Crippen LogP contribution in [0.25, 0.3) is 0 Å². The molecule has 1 saturated heterocycles. The highest BCUT2D eigenvalue weighted by atomic mass is 16.7. The zero-order valence-corrected chi connectivity index (χ0v) is 13.0. The molecule has 0 amide bonds. The van der Waals surface area contributed by atoms with Gasteiger partial charge in [0.05, 0.1) is 11.8 Å². The quantitative estimate of drug-likeness (QED) is 0.857. The summed E-state index contributed by atoms with van der Waals surface area (Å²) in [6.07, 6.45) is 7.98. The van der Waals surface area contributed by atoms with Crippen LogP contribution in [0, 0.1) is 11.3 Å². The largest absolute Gasteiger partial charge is 0.470 e. The van der Waals surface area contributed by atoms with Crippen molar-refractivity contribution in [3.8, 4) is 17.6 Å². The molecule has 3 aliphatic rings. The van der Waals surface area contributed by atoms with Gasteiger partial charge in [0.25, 0.3) is 0 Å². The molecule has 5 heteroatoms. The molecule has 1 fully saturated rings. The van der Waals surface area contributed by atoms with Crippen LogP contribution < -0.4 is 14.5 Å². The summed E-state index contributed by atoms with van der Waals surface area (Å²) in [5.74, 6) is 1.69. The minimum atomic E-state index is 0.518. The molecular weight excluding hydrogens is 290 g/mol. The fourth-order valence-electron chi connectivity index (χ4n) is 3.20. The molecule has 1 aromatic carbocycles. The summed E-state index contributed by atoms with van der Waals surface area (Å²) in [4.78, 5) is 8.05. The molecule has 4 rings (SSSR count). The van der Waals surface area contributed by atoms with Crippen LogP contribution in [-0.2, 0) is 0 Å². The van der Waals surface area contributed by atoms with Crippen LogP contribution in [-0.4, -0.2) is 24.9 Å². The van der Waals surface area contributed by atoms with Crippen molar-refractivity contribution >= 4 is 5.69 Å². The topological polar surface area (TPSA) is 48.7 Å². The van der Waals surface area contributed by atoms with Gasteiger partial charge in [0.2, 0.25) is 0 Å². The molecule has 1 aliphatic carbocycles. The molecule has 2 heterocycles. The molecular formula is C18H19N3O2. The molecule has 1 aromatic rings. The minimum absolute atomic E-state index is 0.518. The molecule has 0 N–H and O–H groups in total. The fourth-order valence-corrected chi connectivity index (χ4v) is 3.20. The first-order valence-corrected chi connectivity index (χ1v) is 8.10. The number of rotatable bonds is 3. The van der Waals surface area contributed by atoms with Gasteiger partial charge in [-0.15, -0.1) is 5.06 Å². The molecule has 2 aliphatic heterocycles. The van der Waals surface area contributed by atoms with E-state index < -0.39 is 0 Å². The third-order valence-corrected chi connectivity index (χ3v) is 4.49. The molecule has 0 unspecified atom stereocenters. The Morgan fingerprint density at radius 1 is 1.13 bits per heavy atom. The number of nitriles is 1. The zero-order chi connectivity index (χ0) is 15.6. The smallest absolute Gasteiger partial charge is 0.165 e. The summed E-state index contributed by atoms with van der Waals surface area (Å²) in [5.41, 5.74) is 3.10. The number of anilines is 1. The van der Waals surface area contributed by atoms with Gasteiger partial charge in [0.15, 0.2) is 12.5 Å². The zero-order valence-electron chi connectivity index (χ0n) is 13.0. The number of benzene rings is 1. The highest BCUT2D eigenvalue weighted by molar-refractivity contribution is 5.67. The molecule has 23 heavy (non-hydrogen) atoms. The maximum Gasteiger partial charge on any atom is 0.165 e. The number of hydroxylamine groups is 2. The van der Waals surface area contributed by atoms with E-state index in [2.05, 4.69) is 17.0 Å². The lowest BCUT2D eigenvalue weighted by Crippen LogP contribution is -2.23. The Bertz CT molecular complexity index is 711. The van der Waals surface area contributed by atoms with Gasteiger partial charge >= 0.3 is 0 Å². The van der Waals surface area contributed by atoms with Crippen molar-refractivity contribution in [3.05, 3.63) is 41.6 Å². The van der Waals surface area contributed by atoms with Gasteiger partial charge in [0, 0.05) is 30.4 Å². The SMILES string of the molecule is N#CC1=CC=C(N2COc3cc(ON4CCCC4)ccc32)CC1. The van der Waals surface area contributed by atoms with Gasteiger partial charge in [-0.1, -0.05) is 0 Å². The lowest BCUT2D eigenvalue weighted by atomic mass is 10.0. The van der Waals surface area contributed by atoms with Gasteiger partial charge < -0.3 is 14.5 Å². The normalized spacial score (nSPS) is 20.4. The molecule has 0 atom stereocenters. The molecule has 0 spiro atoms. The Kier molecular flexibility index (Phi) is 3.68. The predicted molar refractivity (Wildman–Crippen MR) is 86.9 cm³/mol. The first-order chi connectivity index (χ1) is 11.3. The van der Waals surface area contributed by atoms with Crippen LogP contribution in [0.1, 0.15) is 25.7 Å². The number of hydrogen-bond acceptors (Lipinski definition) is 5. The van der Waals surface area contributed by atoms with E-state index in [0.29, 0.717) is 6.73 Å². The lowest BCUT2D eigenvalue weighted by Gasteiger charge is -2.22. The van der Waals surface area contributed by atoms with Gasteiger partial charge in [-0.05, 0) is 50.0 Å². The van der Waals surface area contributed by atoms with E-state index in [-0.39, 0.29) is 0 Å². The molecule has 118 valence electrons. The van der Waals surface area contributed by atoms with Gasteiger partial charge in [-0.25, -0.2) is 0 Å². The summed E-state index contributed by atoms with van der Waals surface area (Å²) in [6.45, 7) is 2.50. The number of allylic oxidation sites excluding steroid dienone is 4. The van der Waals surface area contributed by atoms with Crippen molar-refractivity contribution < 1.29 is 9.57 Å². The average Bonchev–Trinajstić information content (AvgIpc) is 3.24. The van der Waals surface area contributed by atoms with Gasteiger partial charge in [-0.2, -0.15) is 5.26 Å². The summed E-state index contributed by atoms with van der Waals surface area (Å²) < 4.78 is 5.82. The highest BCUT2D eigenvalue weighted by Gasteiger charge is 2.25. The first-order valence-electron chi connectivity index (χ1n) is 8.10. The summed E-state index contributed by atoms with van der Waals surface area (Å²) in [6, 6.07) is 8.24. The van der Waals surface area contributed by atoms with Crippen LogP contribution in [0.3, 0.4) is 0 Å². The number of nitrogens with zero attached hydrogens (tertiary/aromatic N) is 3. The Labute approximate surface area is 136 Å². The van der Waals surface area contributed by atoms with Crippen molar-refractivity contribution in [1.82, 2.24) is 5.06 Å². The second kappa shape index (κ2) is 5.98. The third-order valence-electron chi connectivity index (χ3n) is 4.49. The molecule has 0 radical (unpaired) electrons. The standard InChI is InChI=1S/C18H19N3O2/c19-12-14-3-5-15(6-4-14)21-13-22-18-11-16(7-8-17(18)21)23-20-9-1-2-10-20/h3,5,7-8,11H,1-2,4,6,9-10,13H2. The number of ether oxygens (including phenoxy) is 1. The Morgan fingerprint density at radius 2 is 2.00 bits per heavy atom. The molecule has 0 bridgehead atoms. The highest BCUT2D eigenvalue weighted by Crippen LogP contribution is 2.40. The van der Waals surface area contributed by atoms with E-state index in [1.807, 2.05) is 29.3 Å². The maximum absolute atomic E-state index is 8.94. The van der Waals surface area contributed by atoms with Crippen LogP contribution >= 0.6 is 0 Å². The van der Waals surface area contributed by atoms with E-state index in [0.717, 1.165) is 48.7 Å². The average molecular weight is 309 g/mol. The Balaban J connectivity index is 1.52. The molecule has 5 nitrogen and oxygen atoms in total. The molecule has 0 aromatic heterocycles. The van der Waals surface area contributed by atoms with Crippen molar-refractivity contribution in [1.29, 1.82) is 5.26 Å². The fraction of sp³-hybridized carbons (Fsp3) is 0.389. The summed E-state index contributed by atoms with van der Waals surface area (Å²) >= 11 is 0. The van der Waals surface area contributed by atoms with E-state index >= 15 is 0 Å². The van der Waals surface area contributed by atoms with Crippen molar-refractivity contribution in [2.24, 2.45) is 0 Å². The van der Waals surface area contributed by atoms with Crippen molar-refractivity contribution in [2.75, 3.05) is 24.7 Å². The predicted octanol–water partition coefficient (Wildman–Crippen LogP) is 3.36. The van der Waals surface area contributed by atoms with Crippen molar-refractivity contribution in [2.45, 2.75) is 25.7 Å². The summed E-state index contributed by atoms with van der Waals surface area (Å²) in [7, 11) is 0. The van der Waals surface area contributed by atoms with E-state index in [1.54, 1.807) is 0 Å². The van der Waals surface area contributed by atoms with Crippen LogP contribution in [0.5, 0.6) is 11.5 Å². The lowest BCUT2D eigenvalue weighted by molar-refractivity contribution is -0.0347. The van der Waals surface area contributed by atoms with Crippen LogP contribution in [0.4, 0.5) is 5.69 Å². The first kappa shape index (κ1) is 14.2. The monoisotopic (exact) mass is 309 g/mol. The summed E-state index contributed by atoms with van der Waals surface area (Å²) in [5, 5.41) is 11.0. The minimum Gasteiger partial charge on any atom is -0.470 e. The van der Waals surface area contributed by atoms with Crippen molar-refractivity contribution in [3.63, 3.8) is 0 Å². The molecule has 0 saturated carbocycles. The van der Waals surface area contributed by atoms with E-state index in [9.17, 15) is 0 Å². The third kappa shape index (κ3) is 2.78.